The third-order valence-corrected chi connectivity index (χ3v) is 3.74. The lowest BCUT2D eigenvalue weighted by atomic mass is 10.1. The maximum atomic E-state index is 13.6. The highest BCUT2D eigenvalue weighted by molar-refractivity contribution is 6.04. The number of halogens is 5. The molecule has 0 fully saturated rings. The number of rotatable bonds is 3. The van der Waals surface area contributed by atoms with Gasteiger partial charge in [-0.3, -0.25) is 4.79 Å². The average molecular weight is 381 g/mol. The summed E-state index contributed by atoms with van der Waals surface area (Å²) in [6, 6.07) is 9.59. The van der Waals surface area contributed by atoms with Gasteiger partial charge in [0.15, 0.2) is 5.69 Å². The van der Waals surface area contributed by atoms with Gasteiger partial charge in [0.1, 0.15) is 17.2 Å². The van der Waals surface area contributed by atoms with Crippen LogP contribution in [0.5, 0.6) is 0 Å². The zero-order chi connectivity index (χ0) is 19.8. The van der Waals surface area contributed by atoms with Gasteiger partial charge in [0.05, 0.1) is 5.69 Å². The van der Waals surface area contributed by atoms with E-state index in [1.54, 1.807) is 0 Å². The first kappa shape index (κ1) is 18.6. The van der Waals surface area contributed by atoms with E-state index in [2.05, 4.69) is 10.4 Å². The molecule has 140 valence electrons. The quantitative estimate of drug-likeness (QED) is 0.667. The molecule has 4 nitrogen and oxygen atoms in total. The minimum atomic E-state index is -4.56. The maximum Gasteiger partial charge on any atom is 0.435 e. The van der Waals surface area contributed by atoms with Gasteiger partial charge < -0.3 is 5.32 Å². The fourth-order valence-electron chi connectivity index (χ4n) is 2.47. The number of aryl methyl sites for hydroxylation is 1. The van der Waals surface area contributed by atoms with Gasteiger partial charge in [0, 0.05) is 11.4 Å². The van der Waals surface area contributed by atoms with Crippen LogP contribution in [0.3, 0.4) is 0 Å². The maximum absolute atomic E-state index is 13.6. The molecular weight excluding hydrogens is 369 g/mol. The Morgan fingerprint density at radius 3 is 2.15 bits per heavy atom. The van der Waals surface area contributed by atoms with Crippen molar-refractivity contribution in [2.75, 3.05) is 5.32 Å². The second-order valence-electron chi connectivity index (χ2n) is 5.68. The molecule has 1 aromatic heterocycles. The lowest BCUT2D eigenvalue weighted by Crippen LogP contribution is -2.15. The predicted molar refractivity (Wildman–Crippen MR) is 87.6 cm³/mol. The molecule has 0 spiro atoms. The number of benzene rings is 2. The van der Waals surface area contributed by atoms with Gasteiger partial charge in [-0.25, -0.2) is 13.5 Å². The van der Waals surface area contributed by atoms with Gasteiger partial charge >= 0.3 is 6.18 Å². The zero-order valence-electron chi connectivity index (χ0n) is 13.8. The molecule has 9 heteroatoms. The summed E-state index contributed by atoms with van der Waals surface area (Å²) in [7, 11) is 0. The lowest BCUT2D eigenvalue weighted by molar-refractivity contribution is -0.141. The topological polar surface area (TPSA) is 46.9 Å². The van der Waals surface area contributed by atoms with Crippen LogP contribution in [0.25, 0.3) is 5.69 Å². The molecule has 2 aromatic carbocycles. The van der Waals surface area contributed by atoms with Crippen molar-refractivity contribution in [1.29, 1.82) is 0 Å². The van der Waals surface area contributed by atoms with Crippen LogP contribution < -0.4 is 5.32 Å². The number of hydrogen-bond acceptors (Lipinski definition) is 2. The van der Waals surface area contributed by atoms with Gasteiger partial charge in [0.2, 0.25) is 0 Å². The average Bonchev–Trinajstić information content (AvgIpc) is 2.97. The van der Waals surface area contributed by atoms with Crippen LogP contribution >= 0.6 is 0 Å². The second-order valence-corrected chi connectivity index (χ2v) is 5.68. The summed E-state index contributed by atoms with van der Waals surface area (Å²) in [4.78, 5) is 12.0. The van der Waals surface area contributed by atoms with Crippen molar-refractivity contribution in [1.82, 2.24) is 9.78 Å². The van der Waals surface area contributed by atoms with E-state index in [0.717, 1.165) is 28.9 Å². The van der Waals surface area contributed by atoms with Crippen molar-refractivity contribution in [2.45, 2.75) is 13.1 Å². The number of aromatic nitrogens is 2. The van der Waals surface area contributed by atoms with E-state index in [0.29, 0.717) is 5.69 Å². The molecule has 0 bridgehead atoms. The smallest absolute Gasteiger partial charge is 0.322 e. The Morgan fingerprint density at radius 1 is 1.04 bits per heavy atom. The van der Waals surface area contributed by atoms with Crippen LogP contribution in [0.1, 0.15) is 21.7 Å². The molecule has 0 unspecified atom stereocenters. The van der Waals surface area contributed by atoms with Crippen molar-refractivity contribution in [3.05, 3.63) is 77.1 Å². The third kappa shape index (κ3) is 3.81. The fourth-order valence-corrected chi connectivity index (χ4v) is 2.47. The molecular formula is C18H12F5N3O. The van der Waals surface area contributed by atoms with E-state index in [1.165, 1.54) is 31.2 Å². The summed E-state index contributed by atoms with van der Waals surface area (Å²) in [5.41, 5.74) is -0.926. The monoisotopic (exact) mass is 381 g/mol. The highest BCUT2D eigenvalue weighted by Gasteiger charge is 2.34. The largest absolute Gasteiger partial charge is 0.435 e. The lowest BCUT2D eigenvalue weighted by Gasteiger charge is -2.09. The van der Waals surface area contributed by atoms with Crippen LogP contribution in [0.2, 0.25) is 0 Å². The van der Waals surface area contributed by atoms with Crippen molar-refractivity contribution in [3.8, 4) is 5.69 Å². The second kappa shape index (κ2) is 6.82. The van der Waals surface area contributed by atoms with E-state index >= 15 is 0 Å². The molecule has 0 radical (unpaired) electrons. The first-order valence-corrected chi connectivity index (χ1v) is 7.66. The highest BCUT2D eigenvalue weighted by atomic mass is 19.4. The Kier molecular flexibility index (Phi) is 4.69. The molecule has 1 amide bonds. The van der Waals surface area contributed by atoms with E-state index in [9.17, 15) is 26.7 Å². The van der Waals surface area contributed by atoms with Gasteiger partial charge in [-0.05, 0) is 49.4 Å². The van der Waals surface area contributed by atoms with Crippen LogP contribution in [0, 0.1) is 18.6 Å². The Bertz CT molecular complexity index is 973. The molecule has 3 aromatic rings. The molecule has 0 atom stereocenters. The Balaban J connectivity index is 1.82. The van der Waals surface area contributed by atoms with Gasteiger partial charge in [-0.2, -0.15) is 18.3 Å². The number of nitrogens with zero attached hydrogens (tertiary/aromatic N) is 2. The molecule has 27 heavy (non-hydrogen) atoms. The first-order valence-electron chi connectivity index (χ1n) is 7.66. The predicted octanol–water partition coefficient (Wildman–Crippen LogP) is 4.73. The molecule has 0 aliphatic rings. The fraction of sp³-hybridized carbons (Fsp3) is 0.111. The number of nitrogens with one attached hydrogen (secondary N) is 1. The number of alkyl halides is 3. The van der Waals surface area contributed by atoms with Gasteiger partial charge in [-0.15, -0.1) is 0 Å². The standard InChI is InChI=1S/C18H12F5N3O/c1-10-9-15(18(21,22)23)25-26(10)12-7-5-11(6-8-12)24-17(27)16-13(19)3-2-4-14(16)20/h2-9H,1H3,(H,24,27). The number of anilines is 1. The summed E-state index contributed by atoms with van der Waals surface area (Å²) in [6.45, 7) is 1.47. The number of carbonyl (C=O) groups is 1. The van der Waals surface area contributed by atoms with Gasteiger partial charge in [0.25, 0.3) is 5.91 Å². The summed E-state index contributed by atoms with van der Waals surface area (Å²) in [5, 5.41) is 5.85. The first-order chi connectivity index (χ1) is 12.7. The molecule has 0 aliphatic heterocycles. The zero-order valence-corrected chi connectivity index (χ0v) is 13.8. The number of carbonyl (C=O) groups excluding carboxylic acids is 1. The van der Waals surface area contributed by atoms with Crippen LogP contribution in [0.15, 0.2) is 48.5 Å². The molecule has 0 saturated carbocycles. The molecule has 1 N–H and O–H groups in total. The van der Waals surface area contributed by atoms with E-state index in [1.807, 2.05) is 0 Å². The summed E-state index contributed by atoms with van der Waals surface area (Å²) in [6.07, 6.45) is -4.56. The van der Waals surface area contributed by atoms with Crippen molar-refractivity contribution >= 4 is 11.6 Å². The molecule has 0 aliphatic carbocycles. The Morgan fingerprint density at radius 2 is 1.63 bits per heavy atom. The summed E-state index contributed by atoms with van der Waals surface area (Å²) in [5.74, 6) is -2.99. The van der Waals surface area contributed by atoms with Crippen LogP contribution in [0.4, 0.5) is 27.6 Å². The molecule has 3 rings (SSSR count). The third-order valence-electron chi connectivity index (χ3n) is 3.74. The SMILES string of the molecule is Cc1cc(C(F)(F)F)nn1-c1ccc(NC(=O)c2c(F)cccc2F)cc1. The number of hydrogen-bond donors (Lipinski definition) is 1. The number of amides is 1. The molecule has 0 saturated heterocycles. The van der Waals surface area contributed by atoms with Crippen LogP contribution in [-0.4, -0.2) is 15.7 Å². The van der Waals surface area contributed by atoms with Crippen molar-refractivity contribution < 1.29 is 26.7 Å². The minimum absolute atomic E-state index is 0.215. The van der Waals surface area contributed by atoms with E-state index in [-0.39, 0.29) is 11.4 Å². The van der Waals surface area contributed by atoms with Crippen molar-refractivity contribution in [2.24, 2.45) is 0 Å². The highest BCUT2D eigenvalue weighted by Crippen LogP contribution is 2.29. The Hall–Kier alpha value is -3.23. The summed E-state index contributed by atoms with van der Waals surface area (Å²) >= 11 is 0. The van der Waals surface area contributed by atoms with Crippen molar-refractivity contribution in [3.63, 3.8) is 0 Å². The van der Waals surface area contributed by atoms with Gasteiger partial charge in [-0.1, -0.05) is 6.07 Å². The minimum Gasteiger partial charge on any atom is -0.322 e. The van der Waals surface area contributed by atoms with E-state index in [4.69, 9.17) is 0 Å². The summed E-state index contributed by atoms with van der Waals surface area (Å²) < 4.78 is 66.6. The van der Waals surface area contributed by atoms with E-state index < -0.39 is 35.0 Å². The molecule has 1 heterocycles. The Labute approximate surface area is 150 Å². The normalized spacial score (nSPS) is 11.5. The van der Waals surface area contributed by atoms with Crippen LogP contribution in [-0.2, 0) is 6.18 Å².